The molecule has 0 bridgehead atoms. The Hall–Kier alpha value is -1.66. The second-order valence-electron chi connectivity index (χ2n) is 4.96. The summed E-state index contributed by atoms with van der Waals surface area (Å²) in [7, 11) is 1.83. The number of hydrogen-bond donors (Lipinski definition) is 1. The number of nitrogens with zero attached hydrogens (tertiary/aromatic N) is 2. The van der Waals surface area contributed by atoms with E-state index in [1.807, 2.05) is 7.05 Å². The summed E-state index contributed by atoms with van der Waals surface area (Å²) in [6, 6.07) is 5.35. The van der Waals surface area contributed by atoms with Crippen LogP contribution in [0.25, 0.3) is 0 Å². The van der Waals surface area contributed by atoms with Gasteiger partial charge in [-0.1, -0.05) is 6.92 Å². The highest BCUT2D eigenvalue weighted by Crippen LogP contribution is 2.25. The van der Waals surface area contributed by atoms with Gasteiger partial charge in [0.1, 0.15) is 0 Å². The van der Waals surface area contributed by atoms with Gasteiger partial charge in [-0.3, -0.25) is 15.0 Å². The standard InChI is InChI=1S/C14H21N3O3/c1-3-12-10-20-7-6-16(12)9-11-8-13(17(18)19)4-5-14(11)15-2/h4-5,8,12,15H,3,6-7,9-10H2,1-2H3. The smallest absolute Gasteiger partial charge is 0.269 e. The molecule has 1 aliphatic rings. The van der Waals surface area contributed by atoms with Gasteiger partial charge in [-0.15, -0.1) is 0 Å². The number of benzene rings is 1. The fourth-order valence-electron chi connectivity index (χ4n) is 2.56. The summed E-state index contributed by atoms with van der Waals surface area (Å²) < 4.78 is 5.49. The van der Waals surface area contributed by atoms with Crippen molar-refractivity contribution in [2.24, 2.45) is 0 Å². The van der Waals surface area contributed by atoms with E-state index in [-0.39, 0.29) is 10.6 Å². The van der Waals surface area contributed by atoms with E-state index in [1.54, 1.807) is 12.1 Å². The van der Waals surface area contributed by atoms with Gasteiger partial charge < -0.3 is 10.1 Å². The van der Waals surface area contributed by atoms with Gasteiger partial charge in [-0.2, -0.15) is 0 Å². The zero-order valence-electron chi connectivity index (χ0n) is 12.0. The van der Waals surface area contributed by atoms with Crippen molar-refractivity contribution in [1.29, 1.82) is 0 Å². The Morgan fingerprint density at radius 1 is 1.55 bits per heavy atom. The van der Waals surface area contributed by atoms with Gasteiger partial charge in [0.25, 0.3) is 5.69 Å². The molecule has 0 aliphatic carbocycles. The van der Waals surface area contributed by atoms with Crippen LogP contribution in [-0.4, -0.2) is 42.7 Å². The quantitative estimate of drug-likeness (QED) is 0.661. The molecule has 1 N–H and O–H groups in total. The first-order chi connectivity index (χ1) is 9.65. The SMILES string of the molecule is CCC1COCCN1Cc1cc([N+](=O)[O-])ccc1NC. The lowest BCUT2D eigenvalue weighted by Crippen LogP contribution is -2.44. The highest BCUT2D eigenvalue weighted by molar-refractivity contribution is 5.55. The average molecular weight is 279 g/mol. The maximum absolute atomic E-state index is 10.9. The molecule has 6 heteroatoms. The number of non-ortho nitro benzene ring substituents is 1. The third kappa shape index (κ3) is 3.26. The number of ether oxygens (including phenoxy) is 1. The molecule has 0 radical (unpaired) electrons. The van der Waals surface area contributed by atoms with Crippen LogP contribution in [0.3, 0.4) is 0 Å². The Labute approximate surface area is 118 Å². The van der Waals surface area contributed by atoms with Crippen LogP contribution >= 0.6 is 0 Å². The van der Waals surface area contributed by atoms with Crippen molar-refractivity contribution in [2.75, 3.05) is 32.1 Å². The summed E-state index contributed by atoms with van der Waals surface area (Å²) in [4.78, 5) is 12.9. The largest absolute Gasteiger partial charge is 0.388 e. The van der Waals surface area contributed by atoms with E-state index in [0.29, 0.717) is 12.6 Å². The molecule has 0 spiro atoms. The van der Waals surface area contributed by atoms with Crippen molar-refractivity contribution >= 4 is 11.4 Å². The molecular weight excluding hydrogens is 258 g/mol. The Bertz CT molecular complexity index is 479. The van der Waals surface area contributed by atoms with Crippen LogP contribution in [0, 0.1) is 10.1 Å². The molecule has 1 aliphatic heterocycles. The zero-order valence-corrected chi connectivity index (χ0v) is 12.0. The van der Waals surface area contributed by atoms with Gasteiger partial charge in [0.2, 0.25) is 0 Å². The third-order valence-corrected chi connectivity index (χ3v) is 3.76. The third-order valence-electron chi connectivity index (χ3n) is 3.76. The molecule has 1 aromatic rings. The van der Waals surface area contributed by atoms with Gasteiger partial charge in [0.05, 0.1) is 18.1 Å². The molecule has 0 saturated carbocycles. The Kier molecular flexibility index (Phi) is 4.92. The first kappa shape index (κ1) is 14.7. The molecule has 6 nitrogen and oxygen atoms in total. The first-order valence-corrected chi connectivity index (χ1v) is 6.92. The van der Waals surface area contributed by atoms with Gasteiger partial charge in [-0.05, 0) is 18.1 Å². The summed E-state index contributed by atoms with van der Waals surface area (Å²) in [5, 5.41) is 14.0. The number of nitro groups is 1. The number of morpholine rings is 1. The first-order valence-electron chi connectivity index (χ1n) is 6.92. The number of nitrogens with one attached hydrogen (secondary N) is 1. The predicted molar refractivity (Wildman–Crippen MR) is 78.0 cm³/mol. The summed E-state index contributed by atoms with van der Waals surface area (Å²) in [6.45, 7) is 5.17. The van der Waals surface area contributed by atoms with Gasteiger partial charge in [-0.25, -0.2) is 0 Å². The number of nitro benzene ring substituents is 1. The highest BCUT2D eigenvalue weighted by Gasteiger charge is 2.23. The molecule has 1 heterocycles. The van der Waals surface area contributed by atoms with Gasteiger partial charge >= 0.3 is 0 Å². The monoisotopic (exact) mass is 279 g/mol. The van der Waals surface area contributed by atoms with E-state index in [1.165, 1.54) is 6.07 Å². The Morgan fingerprint density at radius 3 is 3.00 bits per heavy atom. The molecule has 1 unspecified atom stereocenters. The van der Waals surface area contributed by atoms with Crippen LogP contribution in [0.2, 0.25) is 0 Å². The second kappa shape index (κ2) is 6.67. The zero-order chi connectivity index (χ0) is 14.5. The fourth-order valence-corrected chi connectivity index (χ4v) is 2.56. The molecule has 0 amide bonds. The normalized spacial score (nSPS) is 19.8. The highest BCUT2D eigenvalue weighted by atomic mass is 16.6. The average Bonchev–Trinajstić information content (AvgIpc) is 2.47. The van der Waals surface area contributed by atoms with Crippen molar-refractivity contribution in [1.82, 2.24) is 4.90 Å². The van der Waals surface area contributed by atoms with Gasteiger partial charge in [0, 0.05) is 44.0 Å². The van der Waals surface area contributed by atoms with E-state index >= 15 is 0 Å². The summed E-state index contributed by atoms with van der Waals surface area (Å²) in [6.07, 6.45) is 1.02. The van der Waals surface area contributed by atoms with Crippen molar-refractivity contribution in [3.8, 4) is 0 Å². The molecule has 110 valence electrons. The second-order valence-corrected chi connectivity index (χ2v) is 4.96. The Balaban J connectivity index is 2.21. The minimum atomic E-state index is -0.348. The maximum Gasteiger partial charge on any atom is 0.269 e. The molecule has 1 fully saturated rings. The van der Waals surface area contributed by atoms with Crippen LogP contribution < -0.4 is 5.32 Å². The Morgan fingerprint density at radius 2 is 2.35 bits per heavy atom. The lowest BCUT2D eigenvalue weighted by Gasteiger charge is -2.35. The van der Waals surface area contributed by atoms with Crippen LogP contribution in [0.1, 0.15) is 18.9 Å². The van der Waals surface area contributed by atoms with E-state index in [9.17, 15) is 10.1 Å². The summed E-state index contributed by atoms with van der Waals surface area (Å²) in [5.41, 5.74) is 2.04. The van der Waals surface area contributed by atoms with Crippen LogP contribution in [0.5, 0.6) is 0 Å². The minimum Gasteiger partial charge on any atom is -0.388 e. The van der Waals surface area contributed by atoms with Crippen LogP contribution in [0.15, 0.2) is 18.2 Å². The summed E-state index contributed by atoms with van der Waals surface area (Å²) in [5.74, 6) is 0. The molecule has 1 atom stereocenters. The van der Waals surface area contributed by atoms with Crippen molar-refractivity contribution in [3.05, 3.63) is 33.9 Å². The number of rotatable bonds is 5. The minimum absolute atomic E-state index is 0.139. The van der Waals surface area contributed by atoms with E-state index in [4.69, 9.17) is 4.74 Å². The van der Waals surface area contributed by atoms with Crippen molar-refractivity contribution < 1.29 is 9.66 Å². The van der Waals surface area contributed by atoms with Crippen LogP contribution in [0.4, 0.5) is 11.4 Å². The number of hydrogen-bond acceptors (Lipinski definition) is 5. The molecule has 1 aromatic carbocycles. The number of anilines is 1. The molecule has 1 saturated heterocycles. The van der Waals surface area contributed by atoms with E-state index < -0.39 is 0 Å². The molecular formula is C14H21N3O3. The van der Waals surface area contributed by atoms with Crippen molar-refractivity contribution in [3.63, 3.8) is 0 Å². The predicted octanol–water partition coefficient (Wildman–Crippen LogP) is 2.25. The molecule has 0 aromatic heterocycles. The van der Waals surface area contributed by atoms with E-state index in [2.05, 4.69) is 17.1 Å². The summed E-state index contributed by atoms with van der Waals surface area (Å²) >= 11 is 0. The fraction of sp³-hybridized carbons (Fsp3) is 0.571. The van der Waals surface area contributed by atoms with E-state index in [0.717, 1.165) is 37.4 Å². The van der Waals surface area contributed by atoms with Crippen molar-refractivity contribution in [2.45, 2.75) is 25.9 Å². The lowest BCUT2D eigenvalue weighted by atomic mass is 10.1. The topological polar surface area (TPSA) is 67.6 Å². The molecule has 20 heavy (non-hydrogen) atoms. The van der Waals surface area contributed by atoms with Crippen LogP contribution in [-0.2, 0) is 11.3 Å². The lowest BCUT2D eigenvalue weighted by molar-refractivity contribution is -0.384. The maximum atomic E-state index is 10.9. The van der Waals surface area contributed by atoms with Gasteiger partial charge in [0.15, 0.2) is 0 Å². The molecule has 2 rings (SSSR count).